The third-order valence-corrected chi connectivity index (χ3v) is 5.36. The molecule has 5 aromatic rings. The second-order valence-electron chi connectivity index (χ2n) is 6.31. The van der Waals surface area contributed by atoms with E-state index in [1.807, 2.05) is 31.2 Å². The zero-order valence-electron chi connectivity index (χ0n) is 15.1. The lowest BCUT2D eigenvalue weighted by molar-refractivity contribution is -0.384. The van der Waals surface area contributed by atoms with E-state index in [9.17, 15) is 10.1 Å². The number of rotatable bonds is 5. The zero-order chi connectivity index (χ0) is 20.0. The number of hydrogen-bond acceptors (Lipinski definition) is 8. The first kappa shape index (κ1) is 17.3. The molecule has 2 aromatic carbocycles. The molecule has 0 saturated carbocycles. The summed E-state index contributed by atoms with van der Waals surface area (Å²) in [4.78, 5) is 10.9. The normalized spacial score (nSPS) is 11.3. The number of ether oxygens (including phenoxy) is 1. The summed E-state index contributed by atoms with van der Waals surface area (Å²) >= 11 is 1.36. The number of fused-ring (bicyclic) bond motifs is 2. The molecule has 0 aliphatic heterocycles. The van der Waals surface area contributed by atoms with E-state index in [0.717, 1.165) is 16.5 Å². The Morgan fingerprint density at radius 2 is 1.97 bits per heavy atom. The van der Waals surface area contributed by atoms with Gasteiger partial charge in [-0.15, -0.1) is 10.2 Å². The molecule has 0 unspecified atom stereocenters. The number of nitro benzene ring substituents is 1. The Kier molecular flexibility index (Phi) is 3.98. The Hall–Kier alpha value is -3.79. The summed E-state index contributed by atoms with van der Waals surface area (Å²) in [5, 5.41) is 25.4. The monoisotopic (exact) mass is 407 g/mol. The Bertz CT molecular complexity index is 1350. The molecule has 0 aliphatic carbocycles. The molecule has 144 valence electrons. The third-order valence-electron chi connectivity index (χ3n) is 4.49. The minimum absolute atomic E-state index is 0.0157. The molecular formula is C19H13N5O4S. The lowest BCUT2D eigenvalue weighted by atomic mass is 10.1. The molecule has 0 fully saturated rings. The van der Waals surface area contributed by atoms with Crippen molar-refractivity contribution in [2.24, 2.45) is 0 Å². The maximum absolute atomic E-state index is 10.7. The summed E-state index contributed by atoms with van der Waals surface area (Å²) in [7, 11) is 0. The summed E-state index contributed by atoms with van der Waals surface area (Å²) in [5.74, 6) is 1.69. The fraction of sp³-hybridized carbons (Fsp3) is 0.105. The van der Waals surface area contributed by atoms with Crippen molar-refractivity contribution in [1.29, 1.82) is 0 Å². The quantitative estimate of drug-likeness (QED) is 0.314. The van der Waals surface area contributed by atoms with Gasteiger partial charge >= 0.3 is 0 Å². The highest BCUT2D eigenvalue weighted by atomic mass is 32.1. The van der Waals surface area contributed by atoms with Gasteiger partial charge in [-0.1, -0.05) is 29.5 Å². The second-order valence-corrected chi connectivity index (χ2v) is 7.35. The van der Waals surface area contributed by atoms with Crippen molar-refractivity contribution >= 4 is 33.0 Å². The van der Waals surface area contributed by atoms with Crippen LogP contribution in [0.5, 0.6) is 5.75 Å². The van der Waals surface area contributed by atoms with Gasteiger partial charge < -0.3 is 9.15 Å². The van der Waals surface area contributed by atoms with Crippen molar-refractivity contribution in [1.82, 2.24) is 19.8 Å². The molecule has 0 radical (unpaired) electrons. The second kappa shape index (κ2) is 6.67. The first-order valence-electron chi connectivity index (χ1n) is 8.67. The molecule has 9 nitrogen and oxygen atoms in total. The van der Waals surface area contributed by atoms with E-state index in [-0.39, 0.29) is 12.3 Å². The van der Waals surface area contributed by atoms with E-state index >= 15 is 0 Å². The Morgan fingerprint density at radius 1 is 1.17 bits per heavy atom. The van der Waals surface area contributed by atoms with Crippen LogP contribution in [-0.2, 0) is 6.61 Å². The molecule has 10 heteroatoms. The zero-order valence-corrected chi connectivity index (χ0v) is 15.9. The smallest absolute Gasteiger partial charge is 0.269 e. The first-order valence-corrected chi connectivity index (χ1v) is 9.48. The predicted molar refractivity (Wildman–Crippen MR) is 106 cm³/mol. The van der Waals surface area contributed by atoms with Gasteiger partial charge in [-0.05, 0) is 25.1 Å². The molecule has 0 spiro atoms. The molecule has 0 N–H and O–H groups in total. The van der Waals surface area contributed by atoms with Crippen LogP contribution in [0.4, 0.5) is 5.69 Å². The van der Waals surface area contributed by atoms with Crippen LogP contribution in [0.15, 0.2) is 52.9 Å². The summed E-state index contributed by atoms with van der Waals surface area (Å²) < 4.78 is 13.3. The maximum atomic E-state index is 10.7. The number of aromatic nitrogens is 4. The van der Waals surface area contributed by atoms with Crippen molar-refractivity contribution in [3.8, 4) is 17.3 Å². The van der Waals surface area contributed by atoms with Crippen molar-refractivity contribution in [3.63, 3.8) is 0 Å². The molecule has 29 heavy (non-hydrogen) atoms. The molecule has 0 aliphatic rings. The largest absolute Gasteiger partial charge is 0.486 e. The highest BCUT2D eigenvalue weighted by molar-refractivity contribution is 7.16. The molecule has 3 heterocycles. The summed E-state index contributed by atoms with van der Waals surface area (Å²) in [6.45, 7) is 2.19. The van der Waals surface area contributed by atoms with E-state index in [1.165, 1.54) is 23.5 Å². The van der Waals surface area contributed by atoms with Crippen LogP contribution in [0.25, 0.3) is 27.5 Å². The van der Waals surface area contributed by atoms with Crippen molar-refractivity contribution < 1.29 is 14.1 Å². The highest BCUT2D eigenvalue weighted by Gasteiger charge is 2.20. The maximum Gasteiger partial charge on any atom is 0.269 e. The van der Waals surface area contributed by atoms with E-state index < -0.39 is 4.92 Å². The van der Waals surface area contributed by atoms with E-state index in [2.05, 4.69) is 15.3 Å². The molecular weight excluding hydrogens is 394 g/mol. The van der Waals surface area contributed by atoms with Gasteiger partial charge in [0.15, 0.2) is 10.8 Å². The Balaban J connectivity index is 1.42. The average Bonchev–Trinajstić information content (AvgIpc) is 3.40. The number of hydrogen-bond donors (Lipinski definition) is 0. The molecule has 5 rings (SSSR count). The third kappa shape index (κ3) is 2.99. The molecule has 3 aromatic heterocycles. The molecule has 0 atom stereocenters. The van der Waals surface area contributed by atoms with Crippen molar-refractivity contribution in [2.75, 3.05) is 0 Å². The minimum Gasteiger partial charge on any atom is -0.486 e. The fourth-order valence-corrected chi connectivity index (χ4v) is 3.80. The van der Waals surface area contributed by atoms with Crippen LogP contribution in [0.1, 0.15) is 10.6 Å². The summed E-state index contributed by atoms with van der Waals surface area (Å²) in [6.07, 6.45) is 0. The number of benzene rings is 2. The van der Waals surface area contributed by atoms with Crippen LogP contribution in [-0.4, -0.2) is 24.7 Å². The number of aryl methyl sites for hydroxylation is 1. The highest BCUT2D eigenvalue weighted by Crippen LogP contribution is 2.32. The number of nitro groups is 1. The first-order chi connectivity index (χ1) is 14.1. The van der Waals surface area contributed by atoms with Gasteiger partial charge in [0.1, 0.15) is 17.9 Å². The number of nitrogens with zero attached hydrogens (tertiary/aromatic N) is 5. The Labute approximate surface area is 167 Å². The van der Waals surface area contributed by atoms with Crippen molar-refractivity contribution in [2.45, 2.75) is 13.5 Å². The van der Waals surface area contributed by atoms with E-state index in [4.69, 9.17) is 9.15 Å². The van der Waals surface area contributed by atoms with Gasteiger partial charge in [-0.2, -0.15) is 9.61 Å². The van der Waals surface area contributed by atoms with Gasteiger partial charge in [-0.3, -0.25) is 10.1 Å². The van der Waals surface area contributed by atoms with E-state index in [0.29, 0.717) is 27.3 Å². The lowest BCUT2D eigenvalue weighted by Gasteiger charge is -2.02. The molecule has 0 saturated heterocycles. The fourth-order valence-electron chi connectivity index (χ4n) is 3.05. The SMILES string of the molecule is Cc1c(-c2nnc3sc(COc4ccc([N+](=O)[O-])cc4)nn23)oc2ccccc12. The van der Waals surface area contributed by atoms with Crippen LogP contribution < -0.4 is 4.74 Å². The Morgan fingerprint density at radius 3 is 2.72 bits per heavy atom. The summed E-state index contributed by atoms with van der Waals surface area (Å²) in [6, 6.07) is 13.7. The minimum atomic E-state index is -0.450. The van der Waals surface area contributed by atoms with Gasteiger partial charge in [0.2, 0.25) is 10.8 Å². The van der Waals surface area contributed by atoms with Crippen LogP contribution in [0, 0.1) is 17.0 Å². The molecule has 0 bridgehead atoms. The number of para-hydroxylation sites is 1. The number of non-ortho nitro benzene ring substituents is 1. The lowest BCUT2D eigenvalue weighted by Crippen LogP contribution is -1.98. The van der Waals surface area contributed by atoms with E-state index in [1.54, 1.807) is 16.6 Å². The molecule has 0 amide bonds. The topological polar surface area (TPSA) is 109 Å². The van der Waals surface area contributed by atoms with Gasteiger partial charge in [0, 0.05) is 23.1 Å². The standard InChI is InChI=1S/C19H13N5O4S/c1-11-14-4-2-3-5-15(14)28-17(11)18-20-21-19-23(18)22-16(29-19)10-27-13-8-6-12(7-9-13)24(25)26/h2-9H,10H2,1H3. The summed E-state index contributed by atoms with van der Waals surface area (Å²) in [5.41, 5.74) is 1.78. The van der Waals surface area contributed by atoms with Crippen LogP contribution in [0.3, 0.4) is 0 Å². The van der Waals surface area contributed by atoms with Crippen molar-refractivity contribution in [3.05, 3.63) is 69.2 Å². The number of furan rings is 1. The van der Waals surface area contributed by atoms with Crippen LogP contribution in [0.2, 0.25) is 0 Å². The average molecular weight is 407 g/mol. The van der Waals surface area contributed by atoms with Gasteiger partial charge in [0.05, 0.1) is 4.92 Å². The predicted octanol–water partition coefficient (Wildman–Crippen LogP) is 4.39. The van der Waals surface area contributed by atoms with Gasteiger partial charge in [0.25, 0.3) is 5.69 Å². The van der Waals surface area contributed by atoms with Crippen LogP contribution >= 0.6 is 11.3 Å². The van der Waals surface area contributed by atoms with Gasteiger partial charge in [-0.25, -0.2) is 0 Å².